The Bertz CT molecular complexity index is 638. The van der Waals surface area contributed by atoms with Gasteiger partial charge in [-0.2, -0.15) is 0 Å². The Morgan fingerprint density at radius 1 is 1.38 bits per heavy atom. The van der Waals surface area contributed by atoms with Crippen LogP contribution in [0.2, 0.25) is 0 Å². The first-order chi connectivity index (χ1) is 11.5. The average molecular weight is 331 g/mol. The van der Waals surface area contributed by atoms with Crippen LogP contribution < -0.4 is 0 Å². The molecule has 1 aliphatic carbocycles. The van der Waals surface area contributed by atoms with Gasteiger partial charge in [0.15, 0.2) is 0 Å². The largest absolute Gasteiger partial charge is 0.463 e. The zero-order valence-electron chi connectivity index (χ0n) is 13.6. The van der Waals surface area contributed by atoms with Crippen LogP contribution in [-0.2, 0) is 14.3 Å². The first-order valence-electron chi connectivity index (χ1n) is 8.15. The SMILES string of the molecule is CCOC(=O)/C=C(/[C@@H](c1ccccc1)[C@@H]1CCCCC1=O)[N+](=O)[O-]. The fraction of sp³-hybridized carbons (Fsp3) is 0.444. The number of hydrogen-bond acceptors (Lipinski definition) is 5. The number of nitrogens with zero attached hydrogens (tertiary/aromatic N) is 1. The van der Waals surface area contributed by atoms with Crippen molar-refractivity contribution in [2.45, 2.75) is 38.5 Å². The van der Waals surface area contributed by atoms with E-state index in [4.69, 9.17) is 4.74 Å². The van der Waals surface area contributed by atoms with Crippen LogP contribution in [0.1, 0.15) is 44.1 Å². The third kappa shape index (κ3) is 4.28. The number of Topliss-reactive ketones (excluding diaryl/α,β-unsaturated/α-hetero) is 1. The second kappa shape index (κ2) is 8.38. The van der Waals surface area contributed by atoms with Gasteiger partial charge >= 0.3 is 5.97 Å². The van der Waals surface area contributed by atoms with Crippen molar-refractivity contribution in [3.63, 3.8) is 0 Å². The van der Waals surface area contributed by atoms with Gasteiger partial charge in [-0.15, -0.1) is 0 Å². The van der Waals surface area contributed by atoms with E-state index in [0.29, 0.717) is 18.4 Å². The predicted molar refractivity (Wildman–Crippen MR) is 87.9 cm³/mol. The number of esters is 1. The van der Waals surface area contributed by atoms with Gasteiger partial charge in [-0.1, -0.05) is 36.8 Å². The topological polar surface area (TPSA) is 86.5 Å². The summed E-state index contributed by atoms with van der Waals surface area (Å²) in [5.74, 6) is -1.95. The van der Waals surface area contributed by atoms with Crippen LogP contribution in [0, 0.1) is 16.0 Å². The van der Waals surface area contributed by atoms with Gasteiger partial charge in [-0.25, -0.2) is 4.79 Å². The first-order valence-corrected chi connectivity index (χ1v) is 8.15. The molecular formula is C18H21NO5. The molecule has 0 aliphatic heterocycles. The Balaban J connectivity index is 2.48. The Hall–Kier alpha value is -2.50. The summed E-state index contributed by atoms with van der Waals surface area (Å²) in [5.41, 5.74) is 0.393. The zero-order valence-corrected chi connectivity index (χ0v) is 13.6. The molecule has 1 fully saturated rings. The smallest absolute Gasteiger partial charge is 0.337 e. The Morgan fingerprint density at radius 2 is 2.08 bits per heavy atom. The highest BCUT2D eigenvalue weighted by atomic mass is 16.6. The minimum Gasteiger partial charge on any atom is -0.463 e. The van der Waals surface area contributed by atoms with Crippen molar-refractivity contribution in [1.82, 2.24) is 0 Å². The van der Waals surface area contributed by atoms with Gasteiger partial charge in [-0.05, 0) is 25.3 Å². The fourth-order valence-electron chi connectivity index (χ4n) is 3.19. The Labute approximate surface area is 140 Å². The molecule has 2 atom stereocenters. The molecule has 0 amide bonds. The number of nitro groups is 1. The zero-order chi connectivity index (χ0) is 17.5. The summed E-state index contributed by atoms with van der Waals surface area (Å²) in [5, 5.41) is 11.6. The number of carbonyl (C=O) groups is 2. The highest BCUT2D eigenvalue weighted by Crippen LogP contribution is 2.39. The van der Waals surface area contributed by atoms with E-state index in [0.717, 1.165) is 18.9 Å². The molecule has 0 unspecified atom stereocenters. The lowest BCUT2D eigenvalue weighted by Crippen LogP contribution is -2.29. The summed E-state index contributed by atoms with van der Waals surface area (Å²) in [4.78, 5) is 35.2. The van der Waals surface area contributed by atoms with Crippen molar-refractivity contribution in [3.05, 3.63) is 57.8 Å². The number of ether oxygens (including phenoxy) is 1. The summed E-state index contributed by atoms with van der Waals surface area (Å²) in [7, 11) is 0. The minimum absolute atomic E-state index is 0.0201. The van der Waals surface area contributed by atoms with Crippen LogP contribution in [0.4, 0.5) is 0 Å². The van der Waals surface area contributed by atoms with E-state index in [2.05, 4.69) is 0 Å². The summed E-state index contributed by atoms with van der Waals surface area (Å²) in [6, 6.07) is 8.88. The number of allylic oxidation sites excluding steroid dienone is 1. The van der Waals surface area contributed by atoms with Gasteiger partial charge in [0, 0.05) is 12.3 Å². The first kappa shape index (κ1) is 17.8. The highest BCUT2D eigenvalue weighted by Gasteiger charge is 2.39. The Kier molecular flexibility index (Phi) is 6.23. The third-order valence-corrected chi connectivity index (χ3v) is 4.24. The van der Waals surface area contributed by atoms with Crippen molar-refractivity contribution in [2.24, 2.45) is 5.92 Å². The number of hydrogen-bond donors (Lipinski definition) is 0. The normalized spacial score (nSPS) is 19.6. The minimum atomic E-state index is -0.756. The molecule has 128 valence electrons. The van der Waals surface area contributed by atoms with Crippen molar-refractivity contribution in [1.29, 1.82) is 0 Å². The van der Waals surface area contributed by atoms with Gasteiger partial charge in [0.2, 0.25) is 0 Å². The standard InChI is InChI=1S/C18H21NO5/c1-2-24-17(21)12-15(19(22)23)18(13-8-4-3-5-9-13)14-10-6-7-11-16(14)20/h3-5,8-9,12,14,18H,2,6-7,10-11H2,1H3/b15-12-/t14-,18+/m1/s1. The molecule has 0 heterocycles. The number of carbonyl (C=O) groups excluding carboxylic acids is 2. The lowest BCUT2D eigenvalue weighted by atomic mass is 9.74. The monoisotopic (exact) mass is 331 g/mol. The number of rotatable bonds is 6. The second-order valence-electron chi connectivity index (χ2n) is 5.79. The van der Waals surface area contributed by atoms with Crippen LogP contribution in [0.3, 0.4) is 0 Å². The van der Waals surface area contributed by atoms with Gasteiger partial charge in [0.25, 0.3) is 5.70 Å². The maximum atomic E-state index is 12.4. The molecule has 24 heavy (non-hydrogen) atoms. The molecule has 1 aliphatic rings. The molecule has 1 aromatic carbocycles. The van der Waals surface area contributed by atoms with Gasteiger partial charge in [0.05, 0.1) is 23.5 Å². The lowest BCUT2D eigenvalue weighted by Gasteiger charge is -2.27. The molecule has 0 spiro atoms. The van der Waals surface area contributed by atoms with Crippen LogP contribution in [0.5, 0.6) is 0 Å². The van der Waals surface area contributed by atoms with E-state index < -0.39 is 22.7 Å². The van der Waals surface area contributed by atoms with Crippen LogP contribution in [0.25, 0.3) is 0 Å². The van der Waals surface area contributed by atoms with Gasteiger partial charge in [-0.3, -0.25) is 14.9 Å². The maximum absolute atomic E-state index is 12.4. The third-order valence-electron chi connectivity index (χ3n) is 4.24. The molecule has 6 heteroatoms. The molecule has 0 radical (unpaired) electrons. The molecular weight excluding hydrogens is 310 g/mol. The fourth-order valence-corrected chi connectivity index (χ4v) is 3.19. The lowest BCUT2D eigenvalue weighted by molar-refractivity contribution is -0.431. The molecule has 2 rings (SSSR count). The molecule has 0 aromatic heterocycles. The molecule has 6 nitrogen and oxygen atoms in total. The highest BCUT2D eigenvalue weighted by molar-refractivity contribution is 5.85. The van der Waals surface area contributed by atoms with Crippen molar-refractivity contribution in [2.75, 3.05) is 6.61 Å². The van der Waals surface area contributed by atoms with Crippen LogP contribution in [0.15, 0.2) is 42.1 Å². The van der Waals surface area contributed by atoms with E-state index in [9.17, 15) is 19.7 Å². The van der Waals surface area contributed by atoms with E-state index in [1.54, 1.807) is 31.2 Å². The van der Waals surface area contributed by atoms with Crippen LogP contribution >= 0.6 is 0 Å². The molecule has 0 bridgehead atoms. The van der Waals surface area contributed by atoms with Crippen LogP contribution in [-0.4, -0.2) is 23.3 Å². The predicted octanol–water partition coefficient (Wildman–Crippen LogP) is 3.25. The average Bonchev–Trinajstić information content (AvgIpc) is 2.57. The molecule has 1 saturated carbocycles. The summed E-state index contributed by atoms with van der Waals surface area (Å²) >= 11 is 0. The summed E-state index contributed by atoms with van der Waals surface area (Å²) < 4.78 is 4.82. The van der Waals surface area contributed by atoms with Gasteiger partial charge in [0.1, 0.15) is 5.78 Å². The Morgan fingerprint density at radius 3 is 2.67 bits per heavy atom. The summed E-state index contributed by atoms with van der Waals surface area (Å²) in [6.45, 7) is 1.77. The van der Waals surface area contributed by atoms with Crippen molar-refractivity contribution < 1.29 is 19.2 Å². The second-order valence-corrected chi connectivity index (χ2v) is 5.79. The van der Waals surface area contributed by atoms with E-state index in [1.807, 2.05) is 6.07 Å². The van der Waals surface area contributed by atoms with Gasteiger partial charge < -0.3 is 4.74 Å². The quantitative estimate of drug-likeness (QED) is 0.346. The van der Waals surface area contributed by atoms with E-state index in [1.165, 1.54) is 0 Å². The molecule has 0 saturated heterocycles. The number of benzene rings is 1. The summed E-state index contributed by atoms with van der Waals surface area (Å²) in [6.07, 6.45) is 3.60. The molecule has 0 N–H and O–H groups in total. The van der Waals surface area contributed by atoms with Crippen molar-refractivity contribution >= 4 is 11.8 Å². The number of ketones is 1. The van der Waals surface area contributed by atoms with E-state index >= 15 is 0 Å². The van der Waals surface area contributed by atoms with Crippen molar-refractivity contribution in [3.8, 4) is 0 Å². The molecule has 1 aromatic rings. The maximum Gasteiger partial charge on any atom is 0.337 e. The van der Waals surface area contributed by atoms with E-state index in [-0.39, 0.29) is 18.1 Å².